The van der Waals surface area contributed by atoms with Crippen molar-refractivity contribution in [2.75, 3.05) is 6.61 Å². The Bertz CT molecular complexity index is 1010. The summed E-state index contributed by atoms with van der Waals surface area (Å²) in [6.07, 6.45) is 6.72. The number of aliphatic hydroxyl groups is 1. The highest BCUT2D eigenvalue weighted by molar-refractivity contribution is 5.94. The molecule has 3 atom stereocenters. The molecule has 0 saturated carbocycles. The molecule has 0 unspecified atom stereocenters. The fourth-order valence-corrected chi connectivity index (χ4v) is 3.73. The van der Waals surface area contributed by atoms with Gasteiger partial charge >= 0.3 is 0 Å². The Morgan fingerprint density at radius 3 is 2.90 bits per heavy atom. The van der Waals surface area contributed by atoms with Crippen LogP contribution < -0.4 is 5.32 Å². The van der Waals surface area contributed by atoms with Crippen molar-refractivity contribution in [3.8, 4) is 11.3 Å². The average Bonchev–Trinajstić information content (AvgIpc) is 3.28. The fraction of sp³-hybridized carbons (Fsp3) is 0.364. The number of rotatable bonds is 7. The first kappa shape index (κ1) is 21.1. The van der Waals surface area contributed by atoms with E-state index in [0.29, 0.717) is 25.8 Å². The molecule has 1 aliphatic rings. The first-order chi connectivity index (χ1) is 15.1. The van der Waals surface area contributed by atoms with Crippen LogP contribution in [0.4, 0.5) is 4.39 Å². The van der Waals surface area contributed by atoms with Gasteiger partial charge in [0.15, 0.2) is 0 Å². The lowest BCUT2D eigenvalue weighted by Gasteiger charge is -2.36. The molecule has 1 aliphatic heterocycles. The molecule has 2 N–H and O–H groups in total. The van der Waals surface area contributed by atoms with Crippen LogP contribution in [0.3, 0.4) is 0 Å². The molecular weight excluding hydrogens is 401 g/mol. The van der Waals surface area contributed by atoms with Gasteiger partial charge in [0.25, 0.3) is 5.91 Å². The molecule has 1 fully saturated rings. The van der Waals surface area contributed by atoms with Gasteiger partial charge in [0.1, 0.15) is 17.6 Å². The second kappa shape index (κ2) is 9.76. The number of nitrogens with zero attached hydrogens (tertiary/aromatic N) is 4. The number of aliphatic hydroxyl groups excluding tert-OH is 1. The van der Waals surface area contributed by atoms with Crippen LogP contribution in [0.2, 0.25) is 0 Å². The van der Waals surface area contributed by atoms with Gasteiger partial charge in [-0.2, -0.15) is 0 Å². The summed E-state index contributed by atoms with van der Waals surface area (Å²) in [7, 11) is 0. The third-order valence-corrected chi connectivity index (χ3v) is 5.41. The molecule has 0 spiro atoms. The van der Waals surface area contributed by atoms with Gasteiger partial charge in [0, 0.05) is 24.5 Å². The number of aromatic nitrogens is 4. The van der Waals surface area contributed by atoms with E-state index in [0.717, 1.165) is 11.3 Å². The van der Waals surface area contributed by atoms with Gasteiger partial charge in [-0.1, -0.05) is 17.3 Å². The van der Waals surface area contributed by atoms with Crippen LogP contribution in [0.25, 0.3) is 11.3 Å². The lowest BCUT2D eigenvalue weighted by Crippen LogP contribution is -2.51. The zero-order chi connectivity index (χ0) is 21.6. The lowest BCUT2D eigenvalue weighted by molar-refractivity contribution is -0.0912. The largest absolute Gasteiger partial charge is 0.394 e. The van der Waals surface area contributed by atoms with E-state index in [9.17, 15) is 14.3 Å². The van der Waals surface area contributed by atoms with Crippen LogP contribution >= 0.6 is 0 Å². The Hall–Kier alpha value is -3.17. The smallest absolute Gasteiger partial charge is 0.254 e. The number of benzene rings is 1. The average molecular weight is 425 g/mol. The summed E-state index contributed by atoms with van der Waals surface area (Å²) < 4.78 is 21.6. The monoisotopic (exact) mass is 425 g/mol. The van der Waals surface area contributed by atoms with Crippen LogP contribution in [0.1, 0.15) is 29.6 Å². The second-order valence-corrected chi connectivity index (χ2v) is 7.51. The zero-order valence-electron chi connectivity index (χ0n) is 16.9. The predicted octanol–water partition coefficient (Wildman–Crippen LogP) is 2.21. The standard InChI is InChI=1S/C22H24FN5O3/c23-18-6-2-1-5-17(18)22(30)25-19-8-7-16(31-21(19)14-29)9-11-28-13-20(26-27-28)15-4-3-10-24-12-15/h1-6,10,12-13,16,19,21,29H,7-9,11,14H2,(H,25,30)/t16-,19-,21-/m1/s1. The quantitative estimate of drug-likeness (QED) is 0.602. The molecule has 0 bridgehead atoms. The third-order valence-electron chi connectivity index (χ3n) is 5.41. The number of halogens is 1. The second-order valence-electron chi connectivity index (χ2n) is 7.51. The van der Waals surface area contributed by atoms with Crippen LogP contribution in [-0.4, -0.2) is 55.8 Å². The van der Waals surface area contributed by atoms with Gasteiger partial charge in [-0.15, -0.1) is 5.10 Å². The topological polar surface area (TPSA) is 102 Å². The Kier molecular flexibility index (Phi) is 6.63. The molecule has 162 valence electrons. The van der Waals surface area contributed by atoms with E-state index in [1.807, 2.05) is 18.3 Å². The summed E-state index contributed by atoms with van der Waals surface area (Å²) in [6, 6.07) is 9.22. The molecule has 8 nitrogen and oxygen atoms in total. The van der Waals surface area contributed by atoms with Crippen LogP contribution in [-0.2, 0) is 11.3 Å². The summed E-state index contributed by atoms with van der Waals surface area (Å²) in [6.45, 7) is 0.384. The highest BCUT2D eigenvalue weighted by atomic mass is 19.1. The first-order valence-electron chi connectivity index (χ1n) is 10.3. The summed E-state index contributed by atoms with van der Waals surface area (Å²) in [5.74, 6) is -1.08. The number of carbonyl (C=O) groups excluding carboxylic acids is 1. The van der Waals surface area contributed by atoms with Crippen molar-refractivity contribution in [1.82, 2.24) is 25.3 Å². The molecule has 0 radical (unpaired) electrons. The SMILES string of the molecule is O=C(N[C@@H]1CC[C@H](CCn2cc(-c3cccnc3)nn2)O[C@@H]1CO)c1ccccc1F. The van der Waals surface area contributed by atoms with E-state index in [2.05, 4.69) is 20.6 Å². The maximum absolute atomic E-state index is 13.8. The first-order valence-corrected chi connectivity index (χ1v) is 10.3. The Balaban J connectivity index is 1.30. The Labute approximate surface area is 179 Å². The van der Waals surface area contributed by atoms with E-state index in [-0.39, 0.29) is 24.3 Å². The predicted molar refractivity (Wildman–Crippen MR) is 111 cm³/mol. The van der Waals surface area contributed by atoms with E-state index in [4.69, 9.17) is 4.74 Å². The van der Waals surface area contributed by atoms with Gasteiger partial charge in [-0.05, 0) is 43.5 Å². The van der Waals surface area contributed by atoms with E-state index < -0.39 is 17.8 Å². The number of pyridine rings is 1. The number of nitrogens with one attached hydrogen (secondary N) is 1. The van der Waals surface area contributed by atoms with Gasteiger partial charge in [-0.25, -0.2) is 4.39 Å². The summed E-state index contributed by atoms with van der Waals surface area (Å²) in [4.78, 5) is 16.5. The van der Waals surface area contributed by atoms with Crippen molar-refractivity contribution in [2.45, 2.75) is 44.1 Å². The van der Waals surface area contributed by atoms with Crippen molar-refractivity contribution in [2.24, 2.45) is 0 Å². The number of hydrogen-bond acceptors (Lipinski definition) is 6. The molecule has 0 aliphatic carbocycles. The highest BCUT2D eigenvalue weighted by Gasteiger charge is 2.32. The lowest BCUT2D eigenvalue weighted by atomic mass is 9.96. The minimum Gasteiger partial charge on any atom is -0.394 e. The number of aryl methyl sites for hydroxylation is 1. The molecule has 3 aromatic rings. The maximum atomic E-state index is 13.8. The summed E-state index contributed by atoms with van der Waals surface area (Å²) in [5, 5.41) is 20.9. The molecular formula is C22H24FN5O3. The summed E-state index contributed by atoms with van der Waals surface area (Å²) >= 11 is 0. The molecule has 1 saturated heterocycles. The van der Waals surface area contributed by atoms with Crippen molar-refractivity contribution in [3.63, 3.8) is 0 Å². The van der Waals surface area contributed by atoms with E-state index in [1.54, 1.807) is 23.1 Å². The van der Waals surface area contributed by atoms with Gasteiger partial charge in [-0.3, -0.25) is 14.5 Å². The normalized spacial score (nSPS) is 21.0. The Morgan fingerprint density at radius 2 is 2.13 bits per heavy atom. The molecule has 3 heterocycles. The number of hydrogen-bond donors (Lipinski definition) is 2. The number of amides is 1. The maximum Gasteiger partial charge on any atom is 0.254 e. The third kappa shape index (κ3) is 5.12. The van der Waals surface area contributed by atoms with E-state index >= 15 is 0 Å². The fourth-order valence-electron chi connectivity index (χ4n) is 3.73. The van der Waals surface area contributed by atoms with Crippen molar-refractivity contribution in [1.29, 1.82) is 0 Å². The molecule has 1 aromatic carbocycles. The van der Waals surface area contributed by atoms with Crippen molar-refractivity contribution >= 4 is 5.91 Å². The van der Waals surface area contributed by atoms with Gasteiger partial charge in [0.2, 0.25) is 0 Å². The molecule has 4 rings (SSSR count). The van der Waals surface area contributed by atoms with Crippen LogP contribution in [0, 0.1) is 5.82 Å². The molecule has 2 aromatic heterocycles. The molecule has 9 heteroatoms. The Morgan fingerprint density at radius 1 is 1.26 bits per heavy atom. The van der Waals surface area contributed by atoms with Crippen LogP contribution in [0.15, 0.2) is 55.0 Å². The number of ether oxygens (including phenoxy) is 1. The minimum atomic E-state index is -0.575. The molecule has 31 heavy (non-hydrogen) atoms. The van der Waals surface area contributed by atoms with Crippen LogP contribution in [0.5, 0.6) is 0 Å². The number of carbonyl (C=O) groups is 1. The zero-order valence-corrected chi connectivity index (χ0v) is 16.9. The van der Waals surface area contributed by atoms with Gasteiger partial charge in [0.05, 0.1) is 30.5 Å². The highest BCUT2D eigenvalue weighted by Crippen LogP contribution is 2.23. The summed E-state index contributed by atoms with van der Waals surface area (Å²) in [5.41, 5.74) is 1.63. The minimum absolute atomic E-state index is 0.0167. The van der Waals surface area contributed by atoms with Crippen molar-refractivity contribution in [3.05, 3.63) is 66.4 Å². The van der Waals surface area contributed by atoms with Gasteiger partial charge < -0.3 is 15.2 Å². The van der Waals surface area contributed by atoms with E-state index in [1.165, 1.54) is 18.2 Å². The molecule has 1 amide bonds. The van der Waals surface area contributed by atoms with Crippen molar-refractivity contribution < 1.29 is 19.0 Å².